The molecule has 1 aromatic rings. The molecule has 0 aromatic carbocycles. The molecule has 4 rings (SSSR count). The zero-order valence-electron chi connectivity index (χ0n) is 7.19. The third-order valence-corrected chi connectivity index (χ3v) is 3.13. The van der Waals surface area contributed by atoms with E-state index in [1.807, 2.05) is 0 Å². The molecule has 0 amide bonds. The molecule has 0 unspecified atom stereocenters. The van der Waals surface area contributed by atoms with E-state index in [0.717, 1.165) is 18.3 Å². The lowest BCUT2D eigenvalue weighted by atomic mass is 9.73. The van der Waals surface area contributed by atoms with Gasteiger partial charge in [0.15, 0.2) is 12.0 Å². The topological polar surface area (TPSA) is 30.2 Å². The maximum absolute atomic E-state index is 10.7. The van der Waals surface area contributed by atoms with Gasteiger partial charge in [0.2, 0.25) is 0 Å². The van der Waals surface area contributed by atoms with Gasteiger partial charge in [0.1, 0.15) is 0 Å². The summed E-state index contributed by atoms with van der Waals surface area (Å²) >= 11 is 0. The van der Waals surface area contributed by atoms with Gasteiger partial charge in [-0.2, -0.15) is 0 Å². The van der Waals surface area contributed by atoms with Crippen molar-refractivity contribution in [3.63, 3.8) is 0 Å². The second-order valence-electron chi connectivity index (χ2n) is 3.76. The maximum Gasteiger partial charge on any atom is 0.185 e. The zero-order chi connectivity index (χ0) is 8.84. The number of hydrogen-bond acceptors (Lipinski definition) is 2. The summed E-state index contributed by atoms with van der Waals surface area (Å²) in [5.74, 6) is 1.46. The van der Waals surface area contributed by atoms with E-state index >= 15 is 0 Å². The van der Waals surface area contributed by atoms with Gasteiger partial charge in [-0.15, -0.1) is 0 Å². The summed E-state index contributed by atoms with van der Waals surface area (Å²) in [6.07, 6.45) is 9.38. The van der Waals surface area contributed by atoms with Gasteiger partial charge >= 0.3 is 0 Å². The van der Waals surface area contributed by atoms with E-state index < -0.39 is 0 Å². The summed E-state index contributed by atoms with van der Waals surface area (Å²) in [6.45, 7) is 0. The highest BCUT2D eigenvalue weighted by atomic mass is 16.3. The van der Waals surface area contributed by atoms with Gasteiger partial charge in [0.25, 0.3) is 0 Å². The van der Waals surface area contributed by atoms with Crippen LogP contribution in [0.4, 0.5) is 0 Å². The predicted octanol–water partition coefficient (Wildman–Crippen LogP) is 2.62. The molecule has 0 saturated carbocycles. The highest BCUT2D eigenvalue weighted by molar-refractivity contribution is 5.75. The number of hydrogen-bond donors (Lipinski definition) is 0. The van der Waals surface area contributed by atoms with E-state index in [-0.39, 0.29) is 0 Å². The Bertz CT molecular complexity index is 387. The number of carbonyl (C=O) groups is 1. The van der Waals surface area contributed by atoms with Crippen LogP contribution >= 0.6 is 0 Å². The summed E-state index contributed by atoms with van der Waals surface area (Å²) in [7, 11) is 0. The fraction of sp³-hybridized carbons (Fsp3) is 0.364. The number of fused-ring (bicyclic) bond motifs is 1. The minimum atomic E-state index is 0.430. The lowest BCUT2D eigenvalue weighted by Gasteiger charge is -2.30. The van der Waals surface area contributed by atoms with Gasteiger partial charge in [0.05, 0.1) is 6.26 Å². The minimum absolute atomic E-state index is 0.430. The average molecular weight is 174 g/mol. The van der Waals surface area contributed by atoms with Crippen LogP contribution in [0.2, 0.25) is 0 Å². The normalized spacial score (nSPS) is 28.9. The molecule has 0 fully saturated rings. The summed E-state index contributed by atoms with van der Waals surface area (Å²) in [6, 6.07) is 0. The van der Waals surface area contributed by atoms with Crippen LogP contribution in [0, 0.1) is 0 Å². The van der Waals surface area contributed by atoms with Gasteiger partial charge in [-0.25, -0.2) is 0 Å². The fourth-order valence-corrected chi connectivity index (χ4v) is 2.49. The van der Waals surface area contributed by atoms with Gasteiger partial charge in [-0.3, -0.25) is 4.79 Å². The van der Waals surface area contributed by atoms with E-state index in [2.05, 4.69) is 12.2 Å². The summed E-state index contributed by atoms with van der Waals surface area (Å²) in [5.41, 5.74) is 2.38. The van der Waals surface area contributed by atoms with Gasteiger partial charge in [-0.05, 0) is 12.8 Å². The lowest BCUT2D eigenvalue weighted by molar-refractivity contribution is 0.109. The van der Waals surface area contributed by atoms with Crippen LogP contribution in [0.5, 0.6) is 0 Å². The second-order valence-corrected chi connectivity index (χ2v) is 3.76. The molecule has 1 aromatic heterocycles. The van der Waals surface area contributed by atoms with Crippen molar-refractivity contribution in [2.75, 3.05) is 0 Å². The molecule has 2 nitrogen and oxygen atoms in total. The molecular formula is C11H10O2. The van der Waals surface area contributed by atoms with Gasteiger partial charge < -0.3 is 4.42 Å². The van der Waals surface area contributed by atoms with E-state index in [1.165, 1.54) is 12.0 Å². The molecule has 13 heavy (non-hydrogen) atoms. The van der Waals surface area contributed by atoms with Crippen LogP contribution in [0.25, 0.3) is 0 Å². The third kappa shape index (κ3) is 0.804. The smallest absolute Gasteiger partial charge is 0.185 e. The van der Waals surface area contributed by atoms with E-state index in [4.69, 9.17) is 4.42 Å². The Morgan fingerprint density at radius 1 is 1.31 bits per heavy atom. The number of carbonyl (C=O) groups excluding carboxylic acids is 1. The molecule has 66 valence electrons. The van der Waals surface area contributed by atoms with E-state index in [0.29, 0.717) is 17.6 Å². The van der Waals surface area contributed by atoms with Crippen LogP contribution in [0.1, 0.15) is 46.4 Å². The zero-order valence-corrected chi connectivity index (χ0v) is 7.19. The Kier molecular flexibility index (Phi) is 1.29. The molecule has 2 bridgehead atoms. The largest absolute Gasteiger partial charge is 0.461 e. The van der Waals surface area contributed by atoms with Gasteiger partial charge in [-0.1, -0.05) is 12.2 Å². The van der Waals surface area contributed by atoms with Crippen LogP contribution < -0.4 is 0 Å². The number of rotatable bonds is 1. The first-order chi connectivity index (χ1) is 6.40. The van der Waals surface area contributed by atoms with Crippen molar-refractivity contribution in [2.24, 2.45) is 0 Å². The molecule has 0 radical (unpaired) electrons. The Morgan fingerprint density at radius 3 is 2.77 bits per heavy atom. The van der Waals surface area contributed by atoms with Gasteiger partial charge in [0, 0.05) is 23.0 Å². The molecule has 0 aliphatic heterocycles. The highest BCUT2D eigenvalue weighted by Gasteiger charge is 2.32. The molecule has 0 spiro atoms. The first-order valence-electron chi connectivity index (χ1n) is 4.65. The van der Waals surface area contributed by atoms with Crippen LogP contribution in [-0.2, 0) is 0 Å². The lowest BCUT2D eigenvalue weighted by Crippen LogP contribution is -2.16. The van der Waals surface area contributed by atoms with Crippen molar-refractivity contribution >= 4 is 6.29 Å². The maximum atomic E-state index is 10.7. The molecule has 2 atom stereocenters. The fourth-order valence-electron chi connectivity index (χ4n) is 2.49. The molecule has 0 saturated heterocycles. The molecule has 1 heterocycles. The predicted molar refractivity (Wildman–Crippen MR) is 48.0 cm³/mol. The average Bonchev–Trinajstić information content (AvgIpc) is 2.64. The number of aldehydes is 1. The van der Waals surface area contributed by atoms with Crippen molar-refractivity contribution in [3.8, 4) is 0 Å². The van der Waals surface area contributed by atoms with Crippen LogP contribution in [0.15, 0.2) is 22.8 Å². The first-order valence-corrected chi connectivity index (χ1v) is 4.65. The van der Waals surface area contributed by atoms with Crippen molar-refractivity contribution in [2.45, 2.75) is 24.7 Å². The molecule has 3 aliphatic rings. The minimum Gasteiger partial charge on any atom is -0.461 e. The van der Waals surface area contributed by atoms with Crippen LogP contribution in [-0.4, -0.2) is 6.29 Å². The standard InChI is InChI=1S/C11H10O2/c12-5-10-11-8-3-1-7(2-4-8)9(11)6-13-10/h1,3,5-8H,2,4H2/t7-,8+/m0/s1. The first kappa shape index (κ1) is 7.13. The molecule has 3 aliphatic carbocycles. The Balaban J connectivity index is 2.24. The van der Waals surface area contributed by atoms with Crippen LogP contribution in [0.3, 0.4) is 0 Å². The molecule has 0 N–H and O–H groups in total. The Hall–Kier alpha value is -1.31. The second kappa shape index (κ2) is 2.34. The third-order valence-electron chi connectivity index (χ3n) is 3.13. The summed E-state index contributed by atoms with van der Waals surface area (Å²) < 4.78 is 5.24. The number of allylic oxidation sites excluding steroid dienone is 2. The van der Waals surface area contributed by atoms with Crippen molar-refractivity contribution in [1.29, 1.82) is 0 Å². The van der Waals surface area contributed by atoms with E-state index in [1.54, 1.807) is 6.26 Å². The monoisotopic (exact) mass is 174 g/mol. The Labute approximate surface area is 76.2 Å². The Morgan fingerprint density at radius 2 is 2.08 bits per heavy atom. The quantitative estimate of drug-likeness (QED) is 0.484. The van der Waals surface area contributed by atoms with Crippen molar-refractivity contribution in [3.05, 3.63) is 35.3 Å². The molecular weight excluding hydrogens is 164 g/mol. The highest BCUT2D eigenvalue weighted by Crippen LogP contribution is 2.46. The van der Waals surface area contributed by atoms with Crippen molar-refractivity contribution in [1.82, 2.24) is 0 Å². The molecule has 2 heteroatoms. The summed E-state index contributed by atoms with van der Waals surface area (Å²) in [4.78, 5) is 10.7. The summed E-state index contributed by atoms with van der Waals surface area (Å²) in [5, 5.41) is 0. The van der Waals surface area contributed by atoms with Crippen molar-refractivity contribution < 1.29 is 9.21 Å². The number of furan rings is 1. The van der Waals surface area contributed by atoms with E-state index in [9.17, 15) is 4.79 Å². The SMILES string of the molecule is O=Cc1occ2c1[C@@H]1C=C[C@H]2CC1.